The van der Waals surface area contributed by atoms with Crippen LogP contribution in [0.15, 0.2) is 4.52 Å². The zero-order valence-corrected chi connectivity index (χ0v) is 13.7. The molecule has 124 valence electrons. The first-order valence-electron chi connectivity index (χ1n) is 8.42. The molecule has 0 aliphatic heterocycles. The maximum absolute atomic E-state index is 12.1. The predicted molar refractivity (Wildman–Crippen MR) is 84.3 cm³/mol. The first-order chi connectivity index (χ1) is 10.6. The highest BCUT2D eigenvalue weighted by molar-refractivity contribution is 5.76. The average molecular weight is 308 g/mol. The Morgan fingerprint density at radius 2 is 2.09 bits per heavy atom. The predicted octanol–water partition coefficient (Wildman–Crippen LogP) is 2.15. The van der Waals surface area contributed by atoms with Crippen molar-refractivity contribution in [2.75, 3.05) is 6.54 Å². The molecular formula is C16H28N4O2. The van der Waals surface area contributed by atoms with Crippen molar-refractivity contribution >= 4 is 5.91 Å². The summed E-state index contributed by atoms with van der Waals surface area (Å²) in [5.41, 5.74) is 5.84. The normalized spacial score (nSPS) is 17.6. The molecule has 2 rings (SSSR count). The summed E-state index contributed by atoms with van der Waals surface area (Å²) in [6, 6.07) is 0.0988. The minimum atomic E-state index is 0.0188. The minimum absolute atomic E-state index is 0.0188. The van der Waals surface area contributed by atoms with Crippen LogP contribution in [-0.4, -0.2) is 28.6 Å². The minimum Gasteiger partial charge on any atom is -0.352 e. The monoisotopic (exact) mass is 308 g/mol. The second-order valence-electron chi connectivity index (χ2n) is 6.51. The summed E-state index contributed by atoms with van der Waals surface area (Å²) in [6.45, 7) is 4.53. The third-order valence-electron chi connectivity index (χ3n) is 4.39. The van der Waals surface area contributed by atoms with Gasteiger partial charge in [-0.25, -0.2) is 0 Å². The van der Waals surface area contributed by atoms with Crippen molar-refractivity contribution in [2.45, 2.75) is 70.8 Å². The summed E-state index contributed by atoms with van der Waals surface area (Å²) >= 11 is 0. The van der Waals surface area contributed by atoms with Crippen LogP contribution in [0.3, 0.4) is 0 Å². The third kappa shape index (κ3) is 4.80. The lowest BCUT2D eigenvalue weighted by molar-refractivity contribution is -0.122. The molecule has 1 heterocycles. The Labute approximate surface area is 132 Å². The summed E-state index contributed by atoms with van der Waals surface area (Å²) in [5.74, 6) is 2.00. The van der Waals surface area contributed by atoms with E-state index in [0.717, 1.165) is 0 Å². The molecule has 22 heavy (non-hydrogen) atoms. The quantitative estimate of drug-likeness (QED) is 0.805. The fourth-order valence-corrected chi connectivity index (χ4v) is 3.01. The van der Waals surface area contributed by atoms with E-state index in [1.807, 2.05) is 13.8 Å². The highest BCUT2D eigenvalue weighted by Crippen LogP contribution is 2.26. The third-order valence-corrected chi connectivity index (χ3v) is 4.39. The molecule has 6 nitrogen and oxygen atoms in total. The van der Waals surface area contributed by atoms with Crippen LogP contribution in [0.5, 0.6) is 0 Å². The lowest BCUT2D eigenvalue weighted by Gasteiger charge is -2.30. The molecule has 1 saturated carbocycles. The Hall–Kier alpha value is -1.43. The van der Waals surface area contributed by atoms with Gasteiger partial charge in [0.05, 0.1) is 0 Å². The molecule has 1 aromatic rings. The number of carbonyl (C=O) groups is 1. The standard InChI is InChI=1S/C16H28N4O2/c1-11(2)16-19-15(22-20-16)9-8-14(21)18-13(10-17)12-6-4-3-5-7-12/h11-13H,3-10,17H2,1-2H3,(H,18,21). The van der Waals surface area contributed by atoms with E-state index < -0.39 is 0 Å². The highest BCUT2D eigenvalue weighted by atomic mass is 16.5. The Bertz CT molecular complexity index is 466. The molecule has 0 saturated heterocycles. The summed E-state index contributed by atoms with van der Waals surface area (Å²) in [4.78, 5) is 16.4. The van der Waals surface area contributed by atoms with Crippen molar-refractivity contribution in [3.05, 3.63) is 11.7 Å². The van der Waals surface area contributed by atoms with E-state index in [-0.39, 0.29) is 17.9 Å². The SMILES string of the molecule is CC(C)c1noc(CCC(=O)NC(CN)C2CCCCC2)n1. The summed E-state index contributed by atoms with van der Waals surface area (Å²) in [5, 5.41) is 6.99. The van der Waals surface area contributed by atoms with Gasteiger partial charge in [-0.15, -0.1) is 0 Å². The second kappa shape index (κ2) is 8.27. The van der Waals surface area contributed by atoms with E-state index in [0.29, 0.717) is 37.0 Å². The number of hydrogen-bond acceptors (Lipinski definition) is 5. The number of aromatic nitrogens is 2. The molecule has 0 spiro atoms. The molecule has 3 N–H and O–H groups in total. The maximum atomic E-state index is 12.1. The van der Waals surface area contributed by atoms with Crippen LogP contribution in [0.4, 0.5) is 0 Å². The van der Waals surface area contributed by atoms with Crippen molar-refractivity contribution in [3.8, 4) is 0 Å². The molecule has 1 aliphatic rings. The molecule has 0 aromatic carbocycles. The van der Waals surface area contributed by atoms with Gasteiger partial charge in [-0.05, 0) is 18.8 Å². The van der Waals surface area contributed by atoms with E-state index >= 15 is 0 Å². The molecule has 1 aliphatic carbocycles. The first-order valence-corrected chi connectivity index (χ1v) is 8.42. The van der Waals surface area contributed by atoms with Crippen LogP contribution in [0.1, 0.15) is 70.0 Å². The van der Waals surface area contributed by atoms with Gasteiger partial charge in [-0.3, -0.25) is 4.79 Å². The largest absolute Gasteiger partial charge is 0.352 e. The zero-order chi connectivity index (χ0) is 15.9. The van der Waals surface area contributed by atoms with Gasteiger partial charge >= 0.3 is 0 Å². The summed E-state index contributed by atoms with van der Waals surface area (Å²) < 4.78 is 5.16. The van der Waals surface area contributed by atoms with Crippen LogP contribution in [0, 0.1) is 5.92 Å². The first kappa shape index (κ1) is 16.9. The van der Waals surface area contributed by atoms with Crippen molar-refractivity contribution < 1.29 is 9.32 Å². The number of rotatable bonds is 7. The average Bonchev–Trinajstić information content (AvgIpc) is 3.01. The van der Waals surface area contributed by atoms with Gasteiger partial charge in [0.2, 0.25) is 11.8 Å². The molecule has 6 heteroatoms. The van der Waals surface area contributed by atoms with Crippen molar-refractivity contribution in [1.82, 2.24) is 15.5 Å². The topological polar surface area (TPSA) is 94.0 Å². The molecule has 1 unspecified atom stereocenters. The van der Waals surface area contributed by atoms with E-state index in [9.17, 15) is 4.79 Å². The zero-order valence-electron chi connectivity index (χ0n) is 13.7. The Kier molecular flexibility index (Phi) is 6.36. The van der Waals surface area contributed by atoms with Gasteiger partial charge in [0.15, 0.2) is 5.82 Å². The molecule has 1 fully saturated rings. The van der Waals surface area contributed by atoms with Crippen molar-refractivity contribution in [1.29, 1.82) is 0 Å². The molecule has 1 atom stereocenters. The van der Waals surface area contributed by atoms with Gasteiger partial charge in [0.1, 0.15) is 0 Å². The number of aryl methyl sites for hydroxylation is 1. The molecule has 0 radical (unpaired) electrons. The maximum Gasteiger partial charge on any atom is 0.227 e. The number of amides is 1. The summed E-state index contributed by atoms with van der Waals surface area (Å²) in [7, 11) is 0. The summed E-state index contributed by atoms with van der Waals surface area (Å²) in [6.07, 6.45) is 6.98. The van der Waals surface area contributed by atoms with Gasteiger partial charge in [0.25, 0.3) is 0 Å². The van der Waals surface area contributed by atoms with Crippen LogP contribution < -0.4 is 11.1 Å². The molecular weight excluding hydrogens is 280 g/mol. The number of nitrogens with two attached hydrogens (primary N) is 1. The Balaban J connectivity index is 1.78. The number of carbonyl (C=O) groups excluding carboxylic acids is 1. The number of nitrogens with zero attached hydrogens (tertiary/aromatic N) is 2. The smallest absolute Gasteiger partial charge is 0.227 e. The van der Waals surface area contributed by atoms with Crippen molar-refractivity contribution in [3.63, 3.8) is 0 Å². The van der Waals surface area contributed by atoms with Crippen LogP contribution in [0.2, 0.25) is 0 Å². The lowest BCUT2D eigenvalue weighted by atomic mass is 9.84. The number of nitrogens with one attached hydrogen (secondary N) is 1. The fourth-order valence-electron chi connectivity index (χ4n) is 3.01. The molecule has 1 aromatic heterocycles. The van der Waals surface area contributed by atoms with E-state index in [1.165, 1.54) is 32.1 Å². The van der Waals surface area contributed by atoms with Crippen LogP contribution >= 0.6 is 0 Å². The van der Waals surface area contributed by atoms with E-state index in [1.54, 1.807) is 0 Å². The van der Waals surface area contributed by atoms with E-state index in [4.69, 9.17) is 10.3 Å². The van der Waals surface area contributed by atoms with E-state index in [2.05, 4.69) is 15.5 Å². The van der Waals surface area contributed by atoms with Gasteiger partial charge in [0, 0.05) is 31.3 Å². The van der Waals surface area contributed by atoms with Crippen molar-refractivity contribution in [2.24, 2.45) is 11.7 Å². The second-order valence-corrected chi connectivity index (χ2v) is 6.51. The Morgan fingerprint density at radius 3 is 2.68 bits per heavy atom. The van der Waals surface area contributed by atoms with Gasteiger partial charge < -0.3 is 15.6 Å². The highest BCUT2D eigenvalue weighted by Gasteiger charge is 2.24. The van der Waals surface area contributed by atoms with Crippen LogP contribution in [-0.2, 0) is 11.2 Å². The van der Waals surface area contributed by atoms with Gasteiger partial charge in [-0.2, -0.15) is 4.98 Å². The number of hydrogen-bond donors (Lipinski definition) is 2. The van der Waals surface area contributed by atoms with Crippen LogP contribution in [0.25, 0.3) is 0 Å². The Morgan fingerprint density at radius 1 is 1.36 bits per heavy atom. The fraction of sp³-hybridized carbons (Fsp3) is 0.812. The molecule has 0 bridgehead atoms. The molecule has 1 amide bonds. The lowest BCUT2D eigenvalue weighted by Crippen LogP contribution is -2.46. The van der Waals surface area contributed by atoms with Gasteiger partial charge in [-0.1, -0.05) is 38.3 Å².